The molecule has 1 aliphatic carbocycles. The quantitative estimate of drug-likeness (QED) is 0.144. The molecule has 3 aliphatic rings. The van der Waals surface area contributed by atoms with E-state index in [2.05, 4.69) is 15.6 Å². The van der Waals surface area contributed by atoms with Crippen LogP contribution in [-0.4, -0.2) is 72.1 Å². The lowest BCUT2D eigenvalue weighted by atomic mass is 9.83. The first-order chi connectivity index (χ1) is 26.4. The van der Waals surface area contributed by atoms with Gasteiger partial charge in [-0.3, -0.25) is 38.4 Å². The largest absolute Gasteiger partial charge is 0.329 e. The number of imidazole rings is 1. The number of pyridine rings is 1. The van der Waals surface area contributed by atoms with E-state index in [-0.39, 0.29) is 36.9 Å². The molecule has 12 nitrogen and oxygen atoms in total. The molecule has 16 heteroatoms. The maximum absolute atomic E-state index is 16.1. The monoisotopic (exact) mass is 760 g/mol. The summed E-state index contributed by atoms with van der Waals surface area (Å²) >= 11 is 0. The van der Waals surface area contributed by atoms with E-state index in [1.165, 1.54) is 34.4 Å². The lowest BCUT2D eigenvalue weighted by molar-refractivity contribution is -0.135. The van der Waals surface area contributed by atoms with Gasteiger partial charge in [0, 0.05) is 37.3 Å². The number of para-hydroxylation sites is 1. The summed E-state index contributed by atoms with van der Waals surface area (Å²) in [5.74, 6) is -5.49. The zero-order valence-corrected chi connectivity index (χ0v) is 30.1. The molecule has 2 atom stereocenters. The zero-order valence-electron chi connectivity index (χ0n) is 30.1. The molecule has 0 spiro atoms. The Bertz CT molecular complexity index is 2360. The summed E-state index contributed by atoms with van der Waals surface area (Å²) in [4.78, 5) is 56.1. The summed E-state index contributed by atoms with van der Waals surface area (Å²) in [5, 5.41) is 10.6. The van der Waals surface area contributed by atoms with E-state index in [1.54, 1.807) is 36.4 Å². The number of nitrogens with zero attached hydrogens (tertiary/aromatic N) is 6. The second kappa shape index (κ2) is 14.4. The van der Waals surface area contributed by atoms with Gasteiger partial charge in [-0.25, -0.2) is 27.3 Å². The molecule has 288 valence electrons. The Kier molecular flexibility index (Phi) is 9.55. The molecule has 55 heavy (non-hydrogen) atoms. The van der Waals surface area contributed by atoms with Gasteiger partial charge in [-0.05, 0) is 92.9 Å². The highest BCUT2D eigenvalue weighted by atomic mass is 19.3. The van der Waals surface area contributed by atoms with Crippen LogP contribution in [0.5, 0.6) is 0 Å². The third-order valence-electron chi connectivity index (χ3n) is 11.4. The number of imide groups is 1. The molecule has 2 unspecified atom stereocenters. The van der Waals surface area contributed by atoms with Crippen LogP contribution < -0.4 is 16.3 Å². The number of fused-ring (bicyclic) bond motifs is 2. The van der Waals surface area contributed by atoms with E-state index in [9.17, 15) is 28.0 Å². The predicted molar refractivity (Wildman–Crippen MR) is 195 cm³/mol. The molecule has 2 N–H and O–H groups in total. The SMILES string of the molecule is Cn1c(=O)n(C2CCC(=O)NC2=O)c2cccc(C3CCN(C[C@H]4CC[C@H](n5cc6cc(NC(=O)c7cccc(C(F)F)n7)ccc6n5)CC4)CC3(F)F)c21. The van der Waals surface area contributed by atoms with Crippen LogP contribution in [0.1, 0.15) is 91.1 Å². The van der Waals surface area contributed by atoms with Gasteiger partial charge in [-0.15, -0.1) is 0 Å². The van der Waals surface area contributed by atoms with Gasteiger partial charge in [-0.1, -0.05) is 18.2 Å². The first-order valence-corrected chi connectivity index (χ1v) is 18.6. The number of aromatic nitrogens is 5. The van der Waals surface area contributed by atoms with Crippen molar-refractivity contribution in [1.82, 2.24) is 34.1 Å². The molecule has 3 amide bonds. The van der Waals surface area contributed by atoms with Crippen LogP contribution in [0.4, 0.5) is 23.2 Å². The van der Waals surface area contributed by atoms with Crippen molar-refractivity contribution in [3.8, 4) is 0 Å². The minimum Gasteiger partial charge on any atom is -0.321 e. The number of hydrogen-bond donors (Lipinski definition) is 2. The first-order valence-electron chi connectivity index (χ1n) is 18.6. The second-order valence-corrected chi connectivity index (χ2v) is 15.0. The van der Waals surface area contributed by atoms with Crippen LogP contribution >= 0.6 is 0 Å². The number of benzene rings is 2. The van der Waals surface area contributed by atoms with Crippen molar-refractivity contribution in [2.75, 3.05) is 25.0 Å². The summed E-state index contributed by atoms with van der Waals surface area (Å²) in [5.41, 5.74) is 1.33. The lowest BCUT2D eigenvalue weighted by Gasteiger charge is -2.41. The first kappa shape index (κ1) is 36.6. The lowest BCUT2D eigenvalue weighted by Crippen LogP contribution is -2.49. The number of piperidine rings is 2. The number of carbonyl (C=O) groups is 3. The van der Waals surface area contributed by atoms with Crippen LogP contribution in [0.2, 0.25) is 0 Å². The standard InChI is InChI=1S/C39H40F4N8O4/c1-48-34-26(4-2-7-31(34)51(38(48)55)32-14-15-33(52)46-37(32)54)27-16-17-49(21-39(27,42)43)19-22-8-11-25(12-9-22)50-20-23-18-24(10-13-28(23)47-50)44-36(53)30-6-3-5-29(45-30)35(40)41/h2-7,10,13,18,20,22,25,27,32,35H,8-9,11-12,14-17,19,21H2,1H3,(H,44,53)(H,46,52,54)/t22-,25-,27?,32?. The average molecular weight is 761 g/mol. The highest BCUT2D eigenvalue weighted by molar-refractivity contribution is 6.04. The fraction of sp³-hybridized carbons (Fsp3) is 0.436. The maximum atomic E-state index is 16.1. The summed E-state index contributed by atoms with van der Waals surface area (Å²) < 4.78 is 62.9. The number of anilines is 1. The van der Waals surface area contributed by atoms with Gasteiger partial charge in [-0.2, -0.15) is 5.10 Å². The second-order valence-electron chi connectivity index (χ2n) is 15.0. The molecule has 2 aromatic carbocycles. The predicted octanol–water partition coefficient (Wildman–Crippen LogP) is 6.11. The Hall–Kier alpha value is -5.38. The molecule has 0 radical (unpaired) electrons. The number of amides is 3. The van der Waals surface area contributed by atoms with Gasteiger partial charge in [0.1, 0.15) is 17.4 Å². The summed E-state index contributed by atoms with van der Waals surface area (Å²) in [6, 6.07) is 13.4. The Morgan fingerprint density at radius 1 is 1.00 bits per heavy atom. The van der Waals surface area contributed by atoms with Crippen LogP contribution in [0, 0.1) is 5.92 Å². The Labute approximate surface area is 312 Å². The van der Waals surface area contributed by atoms with E-state index in [4.69, 9.17) is 5.10 Å². The van der Waals surface area contributed by atoms with Gasteiger partial charge in [0.25, 0.3) is 18.3 Å². The minimum atomic E-state index is -3.06. The van der Waals surface area contributed by atoms with Crippen molar-refractivity contribution in [3.63, 3.8) is 0 Å². The van der Waals surface area contributed by atoms with Gasteiger partial charge in [0.05, 0.1) is 35.1 Å². The van der Waals surface area contributed by atoms with Crippen LogP contribution in [-0.2, 0) is 16.6 Å². The molecule has 2 aliphatic heterocycles. The number of hydrogen-bond acceptors (Lipinski definition) is 7. The number of nitrogens with one attached hydrogen (secondary N) is 2. The van der Waals surface area contributed by atoms with E-state index in [0.717, 1.165) is 36.6 Å². The number of aryl methyl sites for hydroxylation is 1. The number of carbonyl (C=O) groups excluding carboxylic acids is 3. The molecule has 8 rings (SSSR count). The van der Waals surface area contributed by atoms with Gasteiger partial charge < -0.3 is 5.32 Å². The summed E-state index contributed by atoms with van der Waals surface area (Å²) in [6.45, 7) is 0.644. The normalized spacial score (nSPS) is 23.4. The van der Waals surface area contributed by atoms with Gasteiger partial charge in [0.2, 0.25) is 11.8 Å². The Balaban J connectivity index is 0.891. The van der Waals surface area contributed by atoms with Gasteiger partial charge in [0.15, 0.2) is 0 Å². The molecular formula is C39H40F4N8O4. The molecule has 2 saturated heterocycles. The molecule has 5 aromatic rings. The highest BCUT2D eigenvalue weighted by Crippen LogP contribution is 2.44. The van der Waals surface area contributed by atoms with E-state index >= 15 is 8.78 Å². The van der Waals surface area contributed by atoms with E-state index in [1.807, 2.05) is 15.8 Å². The fourth-order valence-corrected chi connectivity index (χ4v) is 8.69. The maximum Gasteiger partial charge on any atom is 0.329 e. The zero-order chi connectivity index (χ0) is 38.6. The number of likely N-dealkylation sites (tertiary alicyclic amines) is 1. The number of halogens is 4. The molecule has 5 heterocycles. The smallest absolute Gasteiger partial charge is 0.321 e. The molecule has 1 saturated carbocycles. The molecule has 0 bridgehead atoms. The molecule has 3 aromatic heterocycles. The van der Waals surface area contributed by atoms with Crippen molar-refractivity contribution < 1.29 is 31.9 Å². The van der Waals surface area contributed by atoms with Crippen LogP contribution in [0.25, 0.3) is 21.9 Å². The minimum absolute atomic E-state index is 0.0897. The van der Waals surface area contributed by atoms with Crippen LogP contribution in [0.15, 0.2) is 65.6 Å². The third kappa shape index (κ3) is 7.03. The van der Waals surface area contributed by atoms with Crippen molar-refractivity contribution in [2.45, 2.75) is 75.3 Å². The van der Waals surface area contributed by atoms with Crippen molar-refractivity contribution >= 4 is 45.3 Å². The summed E-state index contributed by atoms with van der Waals surface area (Å²) in [6.07, 6.45) is 2.98. The van der Waals surface area contributed by atoms with E-state index < -0.39 is 60.0 Å². The molecular weight excluding hydrogens is 720 g/mol. The number of rotatable bonds is 8. The average Bonchev–Trinajstić information content (AvgIpc) is 3.69. The topological polar surface area (TPSA) is 136 Å². The molecule has 3 fully saturated rings. The third-order valence-corrected chi connectivity index (χ3v) is 11.4. The summed E-state index contributed by atoms with van der Waals surface area (Å²) in [7, 11) is 1.53. The Morgan fingerprint density at radius 2 is 1.78 bits per heavy atom. The van der Waals surface area contributed by atoms with E-state index in [0.29, 0.717) is 35.4 Å². The number of alkyl halides is 4. The van der Waals surface area contributed by atoms with Crippen molar-refractivity contribution in [3.05, 3.63) is 88.2 Å². The van der Waals surface area contributed by atoms with Crippen molar-refractivity contribution in [1.29, 1.82) is 0 Å². The highest BCUT2D eigenvalue weighted by Gasteiger charge is 2.47. The fourth-order valence-electron chi connectivity index (χ4n) is 8.69. The van der Waals surface area contributed by atoms with Crippen LogP contribution in [0.3, 0.4) is 0 Å². The Morgan fingerprint density at radius 3 is 2.53 bits per heavy atom. The van der Waals surface area contributed by atoms with Crippen molar-refractivity contribution in [2.24, 2.45) is 13.0 Å². The van der Waals surface area contributed by atoms with Gasteiger partial charge >= 0.3 is 5.69 Å².